The zero-order valence-electron chi connectivity index (χ0n) is 15.3. The second-order valence-corrected chi connectivity index (χ2v) is 6.70. The van der Waals surface area contributed by atoms with Crippen molar-refractivity contribution in [3.05, 3.63) is 65.4 Å². The molecule has 0 spiro atoms. The lowest BCUT2D eigenvalue weighted by Crippen LogP contribution is -2.15. The van der Waals surface area contributed by atoms with Gasteiger partial charge in [-0.25, -0.2) is 4.68 Å². The van der Waals surface area contributed by atoms with E-state index in [2.05, 4.69) is 30.0 Å². The minimum absolute atomic E-state index is 0.353. The molecule has 0 unspecified atom stereocenters. The Morgan fingerprint density at radius 2 is 1.76 bits per heavy atom. The number of phenols is 1. The molecular formula is C21H25N3O. The van der Waals surface area contributed by atoms with Gasteiger partial charge in [0, 0.05) is 12.1 Å². The van der Waals surface area contributed by atoms with Crippen molar-refractivity contribution in [1.29, 1.82) is 0 Å². The molecule has 3 aromatic rings. The van der Waals surface area contributed by atoms with E-state index in [4.69, 9.17) is 5.10 Å². The van der Waals surface area contributed by atoms with Gasteiger partial charge in [0.25, 0.3) is 0 Å². The van der Waals surface area contributed by atoms with Crippen LogP contribution in [0.4, 0.5) is 0 Å². The third-order valence-electron chi connectivity index (χ3n) is 4.54. The lowest BCUT2D eigenvalue weighted by Gasteiger charge is -2.13. The van der Waals surface area contributed by atoms with Crippen LogP contribution in [0.25, 0.3) is 16.9 Å². The molecule has 0 bridgehead atoms. The van der Waals surface area contributed by atoms with Crippen molar-refractivity contribution in [3.8, 4) is 22.7 Å². The maximum absolute atomic E-state index is 10.2. The van der Waals surface area contributed by atoms with Gasteiger partial charge >= 0.3 is 0 Å². The van der Waals surface area contributed by atoms with Gasteiger partial charge in [-0.05, 0) is 75.8 Å². The van der Waals surface area contributed by atoms with Crippen LogP contribution >= 0.6 is 0 Å². The van der Waals surface area contributed by atoms with E-state index in [1.807, 2.05) is 50.0 Å². The van der Waals surface area contributed by atoms with Crippen molar-refractivity contribution < 1.29 is 5.11 Å². The molecule has 4 heteroatoms. The topological polar surface area (TPSA) is 41.3 Å². The standard InChI is InChI=1S/C21H25N3O/c1-15-16(2)22-24(19-8-6-5-7-9-19)21(15)18-10-11-20(25)17(14-18)12-13-23(3)4/h5-11,14,25H,12-13H2,1-4H3. The molecule has 0 atom stereocenters. The van der Waals surface area contributed by atoms with Crippen molar-refractivity contribution in [3.63, 3.8) is 0 Å². The number of nitrogens with zero attached hydrogens (tertiary/aromatic N) is 3. The molecule has 0 aliphatic heterocycles. The lowest BCUT2D eigenvalue weighted by atomic mass is 10.0. The molecule has 0 saturated heterocycles. The van der Waals surface area contributed by atoms with Gasteiger partial charge in [0.1, 0.15) is 5.75 Å². The number of hydrogen-bond donors (Lipinski definition) is 1. The largest absolute Gasteiger partial charge is 0.508 e. The van der Waals surface area contributed by atoms with Crippen LogP contribution in [0.1, 0.15) is 16.8 Å². The first-order valence-electron chi connectivity index (χ1n) is 8.56. The van der Waals surface area contributed by atoms with Gasteiger partial charge in [-0.1, -0.05) is 18.2 Å². The number of likely N-dealkylation sites (N-methyl/N-ethyl adjacent to an activating group) is 1. The Kier molecular flexibility index (Phi) is 4.91. The van der Waals surface area contributed by atoms with Crippen molar-refractivity contribution in [2.24, 2.45) is 0 Å². The highest BCUT2D eigenvalue weighted by Gasteiger charge is 2.16. The van der Waals surface area contributed by atoms with Crippen LogP contribution in [0.3, 0.4) is 0 Å². The van der Waals surface area contributed by atoms with Crippen molar-refractivity contribution in [1.82, 2.24) is 14.7 Å². The molecule has 0 saturated carbocycles. The smallest absolute Gasteiger partial charge is 0.118 e. The Labute approximate surface area is 149 Å². The van der Waals surface area contributed by atoms with E-state index in [0.29, 0.717) is 5.75 Å². The quantitative estimate of drug-likeness (QED) is 0.767. The van der Waals surface area contributed by atoms with Crippen LogP contribution in [0.5, 0.6) is 5.75 Å². The van der Waals surface area contributed by atoms with Gasteiger partial charge in [0.2, 0.25) is 0 Å². The van der Waals surface area contributed by atoms with E-state index in [-0.39, 0.29) is 0 Å². The molecule has 0 amide bonds. The van der Waals surface area contributed by atoms with E-state index in [9.17, 15) is 5.11 Å². The van der Waals surface area contributed by atoms with Crippen molar-refractivity contribution >= 4 is 0 Å². The number of rotatable bonds is 5. The summed E-state index contributed by atoms with van der Waals surface area (Å²) in [6.45, 7) is 5.03. The number of para-hydroxylation sites is 1. The van der Waals surface area contributed by atoms with E-state index in [0.717, 1.165) is 46.7 Å². The fraction of sp³-hybridized carbons (Fsp3) is 0.286. The minimum atomic E-state index is 0.353. The van der Waals surface area contributed by atoms with E-state index in [1.165, 1.54) is 0 Å². The summed E-state index contributed by atoms with van der Waals surface area (Å²) in [6.07, 6.45) is 0.810. The highest BCUT2D eigenvalue weighted by atomic mass is 16.3. The molecule has 0 fully saturated rings. The fourth-order valence-electron chi connectivity index (χ4n) is 2.98. The minimum Gasteiger partial charge on any atom is -0.508 e. The van der Waals surface area contributed by atoms with Gasteiger partial charge in [0.15, 0.2) is 0 Å². The molecule has 1 aromatic heterocycles. The zero-order valence-corrected chi connectivity index (χ0v) is 15.3. The van der Waals surface area contributed by atoms with E-state index >= 15 is 0 Å². The number of aromatic hydroxyl groups is 1. The summed E-state index contributed by atoms with van der Waals surface area (Å²) < 4.78 is 1.99. The molecule has 0 radical (unpaired) electrons. The van der Waals surface area contributed by atoms with Gasteiger partial charge in [-0.3, -0.25) is 0 Å². The molecule has 3 rings (SSSR count). The number of aryl methyl sites for hydroxylation is 1. The average Bonchev–Trinajstić information content (AvgIpc) is 2.90. The molecule has 2 aromatic carbocycles. The highest BCUT2D eigenvalue weighted by Crippen LogP contribution is 2.31. The van der Waals surface area contributed by atoms with Gasteiger partial charge in [-0.2, -0.15) is 5.10 Å². The van der Waals surface area contributed by atoms with Crippen LogP contribution < -0.4 is 0 Å². The first-order valence-corrected chi connectivity index (χ1v) is 8.56. The second kappa shape index (κ2) is 7.11. The number of aromatic nitrogens is 2. The molecule has 0 aliphatic rings. The van der Waals surface area contributed by atoms with Crippen molar-refractivity contribution in [2.45, 2.75) is 20.3 Å². The Morgan fingerprint density at radius 1 is 1.04 bits per heavy atom. The Hall–Kier alpha value is -2.59. The highest BCUT2D eigenvalue weighted by molar-refractivity contribution is 5.68. The van der Waals surface area contributed by atoms with Gasteiger partial charge in [-0.15, -0.1) is 0 Å². The van der Waals surface area contributed by atoms with Crippen LogP contribution in [0, 0.1) is 13.8 Å². The van der Waals surface area contributed by atoms with Crippen LogP contribution in [0.2, 0.25) is 0 Å². The van der Waals surface area contributed by atoms with E-state index in [1.54, 1.807) is 6.07 Å². The SMILES string of the molecule is Cc1nn(-c2ccccc2)c(-c2ccc(O)c(CCN(C)C)c2)c1C. The van der Waals surface area contributed by atoms with E-state index < -0.39 is 0 Å². The summed E-state index contributed by atoms with van der Waals surface area (Å²) in [6, 6.07) is 16.0. The van der Waals surface area contributed by atoms with Crippen LogP contribution in [-0.2, 0) is 6.42 Å². The molecule has 1 N–H and O–H groups in total. The predicted molar refractivity (Wildman–Crippen MR) is 102 cm³/mol. The van der Waals surface area contributed by atoms with Crippen LogP contribution in [-0.4, -0.2) is 40.4 Å². The van der Waals surface area contributed by atoms with Gasteiger partial charge < -0.3 is 10.0 Å². The molecule has 25 heavy (non-hydrogen) atoms. The molecule has 4 nitrogen and oxygen atoms in total. The number of benzene rings is 2. The maximum Gasteiger partial charge on any atom is 0.118 e. The molecule has 1 heterocycles. The second-order valence-electron chi connectivity index (χ2n) is 6.70. The van der Waals surface area contributed by atoms with Crippen LogP contribution in [0.15, 0.2) is 48.5 Å². The summed E-state index contributed by atoms with van der Waals surface area (Å²) >= 11 is 0. The van der Waals surface area contributed by atoms with Gasteiger partial charge in [0.05, 0.1) is 17.1 Å². The summed E-state index contributed by atoms with van der Waals surface area (Å²) in [5, 5.41) is 14.9. The molecule has 0 aliphatic carbocycles. The number of hydrogen-bond acceptors (Lipinski definition) is 3. The summed E-state index contributed by atoms with van der Waals surface area (Å²) in [5.74, 6) is 0.353. The summed E-state index contributed by atoms with van der Waals surface area (Å²) in [5.41, 5.74) is 6.33. The Bertz CT molecular complexity index is 866. The summed E-state index contributed by atoms with van der Waals surface area (Å²) in [4.78, 5) is 2.12. The Morgan fingerprint density at radius 3 is 2.44 bits per heavy atom. The average molecular weight is 335 g/mol. The summed E-state index contributed by atoms with van der Waals surface area (Å²) in [7, 11) is 4.08. The first-order chi connectivity index (χ1) is 12.0. The zero-order chi connectivity index (χ0) is 18.0. The Balaban J connectivity index is 2.09. The maximum atomic E-state index is 10.2. The van der Waals surface area contributed by atoms with Crippen molar-refractivity contribution in [2.75, 3.05) is 20.6 Å². The first kappa shape index (κ1) is 17.2. The predicted octanol–water partition coefficient (Wildman–Crippen LogP) is 3.97. The fourth-order valence-corrected chi connectivity index (χ4v) is 2.98. The molecular weight excluding hydrogens is 310 g/mol. The normalized spacial score (nSPS) is 11.2. The third kappa shape index (κ3) is 3.59. The number of phenolic OH excluding ortho intramolecular Hbond substituents is 1. The lowest BCUT2D eigenvalue weighted by molar-refractivity contribution is 0.406. The monoisotopic (exact) mass is 335 g/mol. The third-order valence-corrected chi connectivity index (χ3v) is 4.54. The molecule has 130 valence electrons.